The van der Waals surface area contributed by atoms with E-state index in [0.717, 1.165) is 56.5 Å². The van der Waals surface area contributed by atoms with Crippen LogP contribution in [-0.4, -0.2) is 29.2 Å². The maximum absolute atomic E-state index is 5.72. The van der Waals surface area contributed by atoms with Gasteiger partial charge in [-0.05, 0) is 48.5 Å². The molecular formula is C28H23N3O2. The Bertz CT molecular complexity index is 1270. The molecule has 0 aliphatic carbocycles. The number of nitrogens with one attached hydrogen (secondary N) is 1. The number of benzene rings is 2. The van der Waals surface area contributed by atoms with E-state index in [9.17, 15) is 0 Å². The number of hydrogen-bond donors (Lipinski definition) is 1. The number of aromatic amines is 1. The SMILES string of the molecule is COc1ccccc1-c1[nH]c(-c2ccccc2OC)c(-c2ccccn2)c1-c1ccccn1. The van der Waals surface area contributed by atoms with Crippen molar-refractivity contribution >= 4 is 0 Å². The number of ether oxygens (including phenoxy) is 2. The first kappa shape index (κ1) is 20.5. The van der Waals surface area contributed by atoms with Gasteiger partial charge in [0.1, 0.15) is 11.5 Å². The average Bonchev–Trinajstić information content (AvgIpc) is 3.30. The number of para-hydroxylation sites is 2. The molecule has 0 spiro atoms. The van der Waals surface area contributed by atoms with Gasteiger partial charge in [-0.1, -0.05) is 36.4 Å². The predicted octanol–water partition coefficient (Wildman–Crippen LogP) is 6.49. The van der Waals surface area contributed by atoms with Gasteiger partial charge in [0, 0.05) is 34.6 Å². The van der Waals surface area contributed by atoms with E-state index >= 15 is 0 Å². The molecule has 0 aliphatic heterocycles. The lowest BCUT2D eigenvalue weighted by atomic mass is 9.95. The van der Waals surface area contributed by atoms with Crippen LogP contribution in [0.2, 0.25) is 0 Å². The van der Waals surface area contributed by atoms with Crippen LogP contribution in [0.15, 0.2) is 97.3 Å². The van der Waals surface area contributed by atoms with Crippen LogP contribution in [0.25, 0.3) is 45.0 Å². The Labute approximate surface area is 192 Å². The summed E-state index contributed by atoms with van der Waals surface area (Å²) < 4.78 is 11.4. The third kappa shape index (κ3) is 3.74. The molecule has 0 radical (unpaired) electrons. The summed E-state index contributed by atoms with van der Waals surface area (Å²) in [5.41, 5.74) is 7.31. The number of methoxy groups -OCH3 is 2. The first-order chi connectivity index (χ1) is 16.3. The van der Waals surface area contributed by atoms with E-state index in [-0.39, 0.29) is 0 Å². The monoisotopic (exact) mass is 433 g/mol. The fraction of sp³-hybridized carbons (Fsp3) is 0.0714. The summed E-state index contributed by atoms with van der Waals surface area (Å²) in [7, 11) is 3.37. The number of H-pyrrole nitrogens is 1. The predicted molar refractivity (Wildman–Crippen MR) is 131 cm³/mol. The quantitative estimate of drug-likeness (QED) is 0.332. The smallest absolute Gasteiger partial charge is 0.128 e. The third-order valence-corrected chi connectivity index (χ3v) is 5.59. The van der Waals surface area contributed by atoms with E-state index in [4.69, 9.17) is 19.4 Å². The van der Waals surface area contributed by atoms with Gasteiger partial charge in [-0.2, -0.15) is 0 Å². The molecule has 3 aromatic heterocycles. The molecule has 33 heavy (non-hydrogen) atoms. The third-order valence-electron chi connectivity index (χ3n) is 5.59. The van der Waals surface area contributed by atoms with Crippen LogP contribution in [0.1, 0.15) is 0 Å². The number of aromatic nitrogens is 3. The number of pyridine rings is 2. The molecule has 0 atom stereocenters. The molecule has 5 rings (SSSR count). The Morgan fingerprint density at radius 1 is 0.545 bits per heavy atom. The van der Waals surface area contributed by atoms with Crippen molar-refractivity contribution in [3.63, 3.8) is 0 Å². The van der Waals surface area contributed by atoms with Crippen LogP contribution in [0.4, 0.5) is 0 Å². The van der Waals surface area contributed by atoms with E-state index in [2.05, 4.69) is 4.98 Å². The zero-order chi connectivity index (χ0) is 22.6. The van der Waals surface area contributed by atoms with Crippen molar-refractivity contribution in [2.45, 2.75) is 0 Å². The maximum atomic E-state index is 5.72. The Hall–Kier alpha value is -4.38. The van der Waals surface area contributed by atoms with Gasteiger partial charge in [-0.15, -0.1) is 0 Å². The Morgan fingerprint density at radius 2 is 0.970 bits per heavy atom. The number of hydrogen-bond acceptors (Lipinski definition) is 4. The van der Waals surface area contributed by atoms with Crippen molar-refractivity contribution in [1.29, 1.82) is 0 Å². The second-order valence-electron chi connectivity index (χ2n) is 7.46. The molecule has 0 amide bonds. The van der Waals surface area contributed by atoms with Crippen LogP contribution in [0, 0.1) is 0 Å². The minimum atomic E-state index is 0.773. The summed E-state index contributed by atoms with van der Waals surface area (Å²) in [5.74, 6) is 1.55. The zero-order valence-electron chi connectivity index (χ0n) is 18.4. The van der Waals surface area contributed by atoms with E-state index in [1.165, 1.54) is 0 Å². The van der Waals surface area contributed by atoms with Gasteiger partial charge in [0.25, 0.3) is 0 Å². The van der Waals surface area contributed by atoms with Crippen LogP contribution in [0.3, 0.4) is 0 Å². The van der Waals surface area contributed by atoms with E-state index in [1.807, 2.05) is 84.9 Å². The van der Waals surface area contributed by atoms with Gasteiger partial charge in [0.15, 0.2) is 0 Å². The second-order valence-corrected chi connectivity index (χ2v) is 7.46. The fourth-order valence-corrected chi connectivity index (χ4v) is 4.14. The van der Waals surface area contributed by atoms with Gasteiger partial charge >= 0.3 is 0 Å². The van der Waals surface area contributed by atoms with E-state index in [0.29, 0.717) is 0 Å². The molecule has 0 saturated heterocycles. The molecule has 0 aliphatic rings. The normalized spacial score (nSPS) is 10.7. The van der Waals surface area contributed by atoms with Crippen LogP contribution in [-0.2, 0) is 0 Å². The van der Waals surface area contributed by atoms with Crippen molar-refractivity contribution in [3.05, 3.63) is 97.3 Å². The first-order valence-electron chi connectivity index (χ1n) is 10.7. The largest absolute Gasteiger partial charge is 0.496 e. The zero-order valence-corrected chi connectivity index (χ0v) is 18.4. The highest BCUT2D eigenvalue weighted by molar-refractivity contribution is 6.01. The minimum Gasteiger partial charge on any atom is -0.496 e. The lowest BCUT2D eigenvalue weighted by Crippen LogP contribution is -1.92. The molecule has 5 heteroatoms. The van der Waals surface area contributed by atoms with E-state index < -0.39 is 0 Å². The van der Waals surface area contributed by atoms with Gasteiger partial charge in [-0.3, -0.25) is 9.97 Å². The van der Waals surface area contributed by atoms with Crippen molar-refractivity contribution in [2.24, 2.45) is 0 Å². The number of rotatable bonds is 6. The lowest BCUT2D eigenvalue weighted by Gasteiger charge is -2.11. The van der Waals surface area contributed by atoms with Crippen molar-refractivity contribution < 1.29 is 9.47 Å². The van der Waals surface area contributed by atoms with Gasteiger partial charge in [-0.25, -0.2) is 0 Å². The summed E-state index contributed by atoms with van der Waals surface area (Å²) in [6, 6.07) is 27.8. The van der Waals surface area contributed by atoms with Crippen LogP contribution < -0.4 is 9.47 Å². The molecule has 162 valence electrons. The average molecular weight is 434 g/mol. The summed E-state index contributed by atoms with van der Waals surface area (Å²) in [5, 5.41) is 0. The summed E-state index contributed by atoms with van der Waals surface area (Å²) >= 11 is 0. The molecular weight excluding hydrogens is 410 g/mol. The molecule has 5 nitrogen and oxygen atoms in total. The Kier molecular flexibility index (Phi) is 5.60. The maximum Gasteiger partial charge on any atom is 0.128 e. The molecule has 5 aromatic rings. The second kappa shape index (κ2) is 9.01. The van der Waals surface area contributed by atoms with Gasteiger partial charge in [0.05, 0.1) is 37.0 Å². The molecule has 2 aromatic carbocycles. The molecule has 0 bridgehead atoms. The highest BCUT2D eigenvalue weighted by Crippen LogP contribution is 2.48. The fourth-order valence-electron chi connectivity index (χ4n) is 4.14. The van der Waals surface area contributed by atoms with Crippen LogP contribution in [0.5, 0.6) is 11.5 Å². The highest BCUT2D eigenvalue weighted by Gasteiger charge is 2.26. The van der Waals surface area contributed by atoms with Crippen molar-refractivity contribution in [2.75, 3.05) is 14.2 Å². The Morgan fingerprint density at radius 3 is 1.36 bits per heavy atom. The summed E-state index contributed by atoms with van der Waals surface area (Å²) in [6.45, 7) is 0. The Balaban J connectivity index is 1.93. The molecule has 0 fully saturated rings. The highest BCUT2D eigenvalue weighted by atomic mass is 16.5. The molecule has 1 N–H and O–H groups in total. The summed E-state index contributed by atoms with van der Waals surface area (Å²) in [4.78, 5) is 13.1. The molecule has 0 saturated carbocycles. The minimum absolute atomic E-state index is 0.773. The first-order valence-corrected chi connectivity index (χ1v) is 10.7. The standard InChI is InChI=1S/C28H23N3O2/c1-32-23-15-5-3-11-19(23)27-25(21-13-7-9-17-29-21)26(22-14-8-10-18-30-22)28(31-27)20-12-4-6-16-24(20)33-2/h3-18,31H,1-2H3. The van der Waals surface area contributed by atoms with Gasteiger partial charge < -0.3 is 14.5 Å². The van der Waals surface area contributed by atoms with Crippen LogP contribution >= 0.6 is 0 Å². The van der Waals surface area contributed by atoms with Crippen molar-refractivity contribution in [3.8, 4) is 56.5 Å². The molecule has 0 unspecified atom stereocenters. The van der Waals surface area contributed by atoms with Crippen molar-refractivity contribution in [1.82, 2.24) is 15.0 Å². The molecule has 3 heterocycles. The van der Waals surface area contributed by atoms with E-state index in [1.54, 1.807) is 26.6 Å². The topological polar surface area (TPSA) is 60.0 Å². The van der Waals surface area contributed by atoms with Gasteiger partial charge in [0.2, 0.25) is 0 Å². The number of nitrogens with zero attached hydrogens (tertiary/aromatic N) is 2. The summed E-state index contributed by atoms with van der Waals surface area (Å²) in [6.07, 6.45) is 3.61. The lowest BCUT2D eigenvalue weighted by molar-refractivity contribution is 0.416.